The number of aliphatic carboxylic acids is 1. The standard InChI is InChI=1S/C22H34O4/c23-19(11-10-15-6-2-1-3-7-15)22-18-13-16(8-4-5-9-21(25)26)12-17(18)14-20(22)24/h12,15,17-18,20,22,24H,1-11,13-14H2,(H,25,26)/t17-,18-,20-,22+/m1/s1. The van der Waals surface area contributed by atoms with Gasteiger partial charge in [0.05, 0.1) is 6.10 Å². The van der Waals surface area contributed by atoms with E-state index in [-0.39, 0.29) is 18.1 Å². The van der Waals surface area contributed by atoms with Gasteiger partial charge in [0.25, 0.3) is 0 Å². The van der Waals surface area contributed by atoms with Crippen molar-refractivity contribution in [1.82, 2.24) is 0 Å². The van der Waals surface area contributed by atoms with Crippen LogP contribution in [-0.4, -0.2) is 28.1 Å². The Labute approximate surface area is 157 Å². The summed E-state index contributed by atoms with van der Waals surface area (Å²) >= 11 is 0. The first-order chi connectivity index (χ1) is 12.5. The minimum atomic E-state index is -0.728. The van der Waals surface area contributed by atoms with E-state index in [1.54, 1.807) is 0 Å². The monoisotopic (exact) mass is 362 g/mol. The van der Waals surface area contributed by atoms with E-state index in [2.05, 4.69) is 6.08 Å². The number of ketones is 1. The minimum Gasteiger partial charge on any atom is -0.481 e. The first-order valence-electron chi connectivity index (χ1n) is 10.7. The van der Waals surface area contributed by atoms with Crippen LogP contribution in [0.1, 0.15) is 83.5 Å². The van der Waals surface area contributed by atoms with Crippen LogP contribution in [0.4, 0.5) is 0 Å². The summed E-state index contributed by atoms with van der Waals surface area (Å²) in [6.07, 6.45) is 14.4. The zero-order chi connectivity index (χ0) is 18.5. The molecular weight excluding hydrogens is 328 g/mol. The molecule has 0 unspecified atom stereocenters. The first-order valence-corrected chi connectivity index (χ1v) is 10.7. The molecule has 0 heterocycles. The van der Waals surface area contributed by atoms with Crippen LogP contribution in [0, 0.1) is 23.7 Å². The summed E-state index contributed by atoms with van der Waals surface area (Å²) in [5, 5.41) is 19.2. The van der Waals surface area contributed by atoms with Crippen molar-refractivity contribution in [2.45, 2.75) is 89.6 Å². The fourth-order valence-electron chi connectivity index (χ4n) is 5.55. The molecule has 2 N–H and O–H groups in total. The van der Waals surface area contributed by atoms with Crippen LogP contribution in [0.5, 0.6) is 0 Å². The molecule has 3 aliphatic rings. The Bertz CT molecular complexity index is 532. The highest BCUT2D eigenvalue weighted by Gasteiger charge is 2.47. The van der Waals surface area contributed by atoms with E-state index in [1.807, 2.05) is 0 Å². The van der Waals surface area contributed by atoms with Gasteiger partial charge in [0.1, 0.15) is 5.78 Å². The highest BCUT2D eigenvalue weighted by molar-refractivity contribution is 5.82. The summed E-state index contributed by atoms with van der Waals surface area (Å²) in [6, 6.07) is 0. The summed E-state index contributed by atoms with van der Waals surface area (Å²) in [5.41, 5.74) is 1.38. The van der Waals surface area contributed by atoms with Gasteiger partial charge in [0.2, 0.25) is 0 Å². The lowest BCUT2D eigenvalue weighted by Crippen LogP contribution is -2.29. The zero-order valence-electron chi connectivity index (χ0n) is 15.9. The molecule has 3 aliphatic carbocycles. The van der Waals surface area contributed by atoms with Gasteiger partial charge in [-0.3, -0.25) is 9.59 Å². The number of carbonyl (C=O) groups is 2. The Kier molecular flexibility index (Phi) is 6.91. The molecule has 0 saturated heterocycles. The number of Topliss-reactive ketones (excluding diaryl/α,β-unsaturated/α-hetero) is 1. The summed E-state index contributed by atoms with van der Waals surface area (Å²) in [4.78, 5) is 23.4. The molecule has 0 aromatic heterocycles. The summed E-state index contributed by atoms with van der Waals surface area (Å²) in [6.45, 7) is 0. The maximum atomic E-state index is 12.8. The van der Waals surface area contributed by atoms with Crippen LogP contribution in [0.2, 0.25) is 0 Å². The molecule has 0 aliphatic heterocycles. The van der Waals surface area contributed by atoms with Crippen molar-refractivity contribution < 1.29 is 19.8 Å². The second-order valence-electron chi connectivity index (χ2n) is 8.80. The van der Waals surface area contributed by atoms with Gasteiger partial charge < -0.3 is 10.2 Å². The van der Waals surface area contributed by atoms with Crippen molar-refractivity contribution >= 4 is 11.8 Å². The SMILES string of the molecule is O=C(O)CCCCC1=C[C@@H]2C[C@@H](O)[C@H](C(=O)CCC3CCCCC3)[C@@H]2C1. The summed E-state index contributed by atoms with van der Waals surface area (Å²) < 4.78 is 0. The Morgan fingerprint density at radius 2 is 1.85 bits per heavy atom. The molecule has 2 saturated carbocycles. The van der Waals surface area contributed by atoms with Gasteiger partial charge in [-0.05, 0) is 56.3 Å². The van der Waals surface area contributed by atoms with E-state index < -0.39 is 12.1 Å². The molecule has 0 aromatic carbocycles. The number of fused-ring (bicyclic) bond motifs is 1. The first kappa shape index (κ1) is 19.6. The number of rotatable bonds is 9. The maximum Gasteiger partial charge on any atom is 0.303 e. The predicted octanol–water partition coefficient (Wildman–Crippen LogP) is 4.50. The number of hydrogen-bond acceptors (Lipinski definition) is 3. The second kappa shape index (κ2) is 9.16. The topological polar surface area (TPSA) is 74.6 Å². The molecular formula is C22H34O4. The van der Waals surface area contributed by atoms with Gasteiger partial charge in [0, 0.05) is 18.8 Å². The smallest absolute Gasteiger partial charge is 0.303 e. The highest BCUT2D eigenvalue weighted by Crippen LogP contribution is 2.48. The molecule has 0 radical (unpaired) electrons. The number of carboxylic acids is 1. The van der Waals surface area contributed by atoms with Crippen molar-refractivity contribution in [2.75, 3.05) is 0 Å². The van der Waals surface area contributed by atoms with Gasteiger partial charge in [-0.1, -0.05) is 43.8 Å². The van der Waals surface area contributed by atoms with Gasteiger partial charge in [-0.25, -0.2) is 0 Å². The Morgan fingerprint density at radius 3 is 2.58 bits per heavy atom. The molecule has 0 aromatic rings. The lowest BCUT2D eigenvalue weighted by molar-refractivity contribution is -0.137. The molecule has 4 atom stereocenters. The Hall–Kier alpha value is -1.16. The quantitative estimate of drug-likeness (QED) is 0.468. The van der Waals surface area contributed by atoms with Crippen LogP contribution >= 0.6 is 0 Å². The van der Waals surface area contributed by atoms with Crippen LogP contribution in [-0.2, 0) is 9.59 Å². The van der Waals surface area contributed by atoms with Crippen molar-refractivity contribution in [2.24, 2.45) is 23.7 Å². The van der Waals surface area contributed by atoms with Gasteiger partial charge in [-0.15, -0.1) is 0 Å². The number of carboxylic acid groups (broad SMARTS) is 1. The van der Waals surface area contributed by atoms with Crippen LogP contribution < -0.4 is 0 Å². The van der Waals surface area contributed by atoms with E-state index in [9.17, 15) is 14.7 Å². The third-order valence-electron chi connectivity index (χ3n) is 6.92. The summed E-state index contributed by atoms with van der Waals surface area (Å²) in [5.74, 6) is 0.747. The maximum absolute atomic E-state index is 12.8. The lowest BCUT2D eigenvalue weighted by Gasteiger charge is -2.24. The predicted molar refractivity (Wildman–Crippen MR) is 101 cm³/mol. The fourth-order valence-corrected chi connectivity index (χ4v) is 5.55. The van der Waals surface area contributed by atoms with E-state index >= 15 is 0 Å². The van der Waals surface area contributed by atoms with E-state index in [0.717, 1.165) is 32.1 Å². The second-order valence-corrected chi connectivity index (χ2v) is 8.80. The fraction of sp³-hybridized carbons (Fsp3) is 0.818. The number of aliphatic hydroxyl groups is 1. The Balaban J connectivity index is 1.46. The molecule has 3 rings (SSSR count). The highest BCUT2D eigenvalue weighted by atomic mass is 16.4. The molecule has 4 nitrogen and oxygen atoms in total. The Morgan fingerprint density at radius 1 is 1.08 bits per heavy atom. The van der Waals surface area contributed by atoms with E-state index in [0.29, 0.717) is 30.6 Å². The van der Waals surface area contributed by atoms with Crippen molar-refractivity contribution in [3.05, 3.63) is 11.6 Å². The normalized spacial score (nSPS) is 31.7. The molecule has 0 spiro atoms. The molecule has 2 fully saturated rings. The van der Waals surface area contributed by atoms with Crippen LogP contribution in [0.15, 0.2) is 11.6 Å². The number of unbranched alkanes of at least 4 members (excludes halogenated alkanes) is 1. The summed E-state index contributed by atoms with van der Waals surface area (Å²) in [7, 11) is 0. The number of carbonyl (C=O) groups excluding carboxylic acids is 1. The number of aliphatic hydroxyl groups excluding tert-OH is 1. The van der Waals surface area contributed by atoms with E-state index in [4.69, 9.17) is 5.11 Å². The van der Waals surface area contributed by atoms with Gasteiger partial charge in [-0.2, -0.15) is 0 Å². The molecule has 26 heavy (non-hydrogen) atoms. The molecule has 0 bridgehead atoms. The largest absolute Gasteiger partial charge is 0.481 e. The third kappa shape index (κ3) is 4.97. The van der Waals surface area contributed by atoms with Crippen molar-refractivity contribution in [3.8, 4) is 0 Å². The van der Waals surface area contributed by atoms with Crippen LogP contribution in [0.25, 0.3) is 0 Å². The van der Waals surface area contributed by atoms with Gasteiger partial charge >= 0.3 is 5.97 Å². The third-order valence-corrected chi connectivity index (χ3v) is 6.92. The molecule has 4 heteroatoms. The number of hydrogen-bond donors (Lipinski definition) is 2. The van der Waals surface area contributed by atoms with Crippen molar-refractivity contribution in [3.63, 3.8) is 0 Å². The molecule has 0 amide bonds. The molecule has 146 valence electrons. The van der Waals surface area contributed by atoms with Crippen LogP contribution in [0.3, 0.4) is 0 Å². The van der Waals surface area contributed by atoms with Gasteiger partial charge in [0.15, 0.2) is 0 Å². The number of allylic oxidation sites excluding steroid dienone is 2. The zero-order valence-corrected chi connectivity index (χ0v) is 15.9. The van der Waals surface area contributed by atoms with Crippen molar-refractivity contribution in [1.29, 1.82) is 0 Å². The lowest BCUT2D eigenvalue weighted by atomic mass is 9.81. The average molecular weight is 363 g/mol. The average Bonchev–Trinajstić information content (AvgIpc) is 3.13. The minimum absolute atomic E-state index is 0.170. The van der Waals surface area contributed by atoms with E-state index in [1.165, 1.54) is 37.7 Å².